The number of thiophene rings is 1. The zero-order valence-electron chi connectivity index (χ0n) is 12.8. The third kappa shape index (κ3) is 3.16. The van der Waals surface area contributed by atoms with E-state index >= 15 is 0 Å². The molecule has 0 aliphatic carbocycles. The van der Waals surface area contributed by atoms with Crippen LogP contribution in [0.25, 0.3) is 0 Å². The molecule has 0 bridgehead atoms. The Morgan fingerprint density at radius 1 is 1.30 bits per heavy atom. The molecule has 7 heteroatoms. The number of sulfone groups is 1. The number of hydrogen-bond acceptors (Lipinski definition) is 4. The van der Waals surface area contributed by atoms with Gasteiger partial charge in [0, 0.05) is 23.2 Å². The standard InChI is InChI=1S/C16H16ClNO3S2/c1-10-6-13(17)7-11-4-3-5-18(15(10)11)16(19)12-8-14(22-9-12)23(2,20)21/h6-9H,3-5H2,1-2H3. The van der Waals surface area contributed by atoms with Gasteiger partial charge in [0.2, 0.25) is 0 Å². The van der Waals surface area contributed by atoms with Gasteiger partial charge in [-0.05, 0) is 49.1 Å². The topological polar surface area (TPSA) is 54.5 Å². The van der Waals surface area contributed by atoms with E-state index in [0.29, 0.717) is 17.1 Å². The first-order valence-electron chi connectivity index (χ1n) is 7.17. The van der Waals surface area contributed by atoms with Gasteiger partial charge in [-0.3, -0.25) is 4.79 Å². The van der Waals surface area contributed by atoms with Crippen LogP contribution in [0.5, 0.6) is 0 Å². The lowest BCUT2D eigenvalue weighted by molar-refractivity contribution is 0.0985. The Hall–Kier alpha value is -1.37. The number of anilines is 1. The summed E-state index contributed by atoms with van der Waals surface area (Å²) in [5, 5.41) is 2.28. The van der Waals surface area contributed by atoms with Gasteiger partial charge in [-0.15, -0.1) is 11.3 Å². The maximum Gasteiger partial charge on any atom is 0.259 e. The molecule has 1 amide bonds. The Morgan fingerprint density at radius 2 is 2.04 bits per heavy atom. The second kappa shape index (κ2) is 5.92. The van der Waals surface area contributed by atoms with Crippen molar-refractivity contribution < 1.29 is 13.2 Å². The predicted molar refractivity (Wildman–Crippen MR) is 93.6 cm³/mol. The Balaban J connectivity index is 2.01. The second-order valence-corrected chi connectivity index (χ2v) is 9.31. The highest BCUT2D eigenvalue weighted by Gasteiger charge is 2.27. The molecule has 0 saturated carbocycles. The molecule has 2 heterocycles. The molecule has 2 aromatic rings. The Morgan fingerprint density at radius 3 is 2.70 bits per heavy atom. The van der Waals surface area contributed by atoms with E-state index in [0.717, 1.165) is 47.2 Å². The quantitative estimate of drug-likeness (QED) is 0.810. The fourth-order valence-corrected chi connectivity index (χ4v) is 4.99. The molecule has 0 spiro atoms. The molecule has 0 fully saturated rings. The van der Waals surface area contributed by atoms with Crippen molar-refractivity contribution in [2.45, 2.75) is 24.0 Å². The molecular formula is C16H16ClNO3S2. The van der Waals surface area contributed by atoms with Crippen LogP contribution >= 0.6 is 22.9 Å². The number of carbonyl (C=O) groups is 1. The van der Waals surface area contributed by atoms with Crippen molar-refractivity contribution >= 4 is 44.4 Å². The number of fused-ring (bicyclic) bond motifs is 1. The lowest BCUT2D eigenvalue weighted by atomic mass is 9.97. The number of aryl methyl sites for hydroxylation is 2. The summed E-state index contributed by atoms with van der Waals surface area (Å²) in [6.45, 7) is 2.56. The molecular weight excluding hydrogens is 354 g/mol. The minimum absolute atomic E-state index is 0.164. The third-order valence-electron chi connectivity index (χ3n) is 3.87. The molecule has 3 rings (SSSR count). The van der Waals surface area contributed by atoms with Crippen molar-refractivity contribution in [1.29, 1.82) is 0 Å². The van der Waals surface area contributed by atoms with E-state index in [1.807, 2.05) is 19.1 Å². The van der Waals surface area contributed by atoms with Gasteiger partial charge in [0.25, 0.3) is 5.91 Å². The largest absolute Gasteiger partial charge is 0.308 e. The molecule has 4 nitrogen and oxygen atoms in total. The summed E-state index contributed by atoms with van der Waals surface area (Å²) in [7, 11) is -3.29. The van der Waals surface area contributed by atoms with Gasteiger partial charge >= 0.3 is 0 Å². The molecule has 0 radical (unpaired) electrons. The van der Waals surface area contributed by atoms with Crippen LogP contribution in [-0.4, -0.2) is 27.1 Å². The number of amides is 1. The van der Waals surface area contributed by atoms with Crippen LogP contribution in [-0.2, 0) is 16.3 Å². The van der Waals surface area contributed by atoms with Crippen LogP contribution in [0.1, 0.15) is 27.9 Å². The smallest absolute Gasteiger partial charge is 0.259 e. The number of carbonyl (C=O) groups excluding carboxylic acids is 1. The van der Waals surface area contributed by atoms with E-state index in [1.165, 1.54) is 6.07 Å². The molecule has 0 N–H and O–H groups in total. The number of hydrogen-bond donors (Lipinski definition) is 0. The van der Waals surface area contributed by atoms with Gasteiger partial charge < -0.3 is 4.90 Å². The maximum absolute atomic E-state index is 12.8. The molecule has 0 saturated heterocycles. The fraction of sp³-hybridized carbons (Fsp3) is 0.312. The minimum Gasteiger partial charge on any atom is -0.308 e. The lowest BCUT2D eigenvalue weighted by Gasteiger charge is -2.31. The van der Waals surface area contributed by atoms with E-state index in [9.17, 15) is 13.2 Å². The summed E-state index contributed by atoms with van der Waals surface area (Å²) in [6, 6.07) is 5.21. The number of rotatable bonds is 2. The Labute approximate surface area is 144 Å². The maximum atomic E-state index is 12.8. The Bertz CT molecular complexity index is 887. The zero-order chi connectivity index (χ0) is 16.8. The highest BCUT2D eigenvalue weighted by Crippen LogP contribution is 2.35. The third-order valence-corrected chi connectivity index (χ3v) is 6.86. The minimum atomic E-state index is -3.29. The van der Waals surface area contributed by atoms with Crippen LogP contribution in [0.2, 0.25) is 5.02 Å². The van der Waals surface area contributed by atoms with Crippen molar-refractivity contribution in [3.05, 3.63) is 45.3 Å². The summed E-state index contributed by atoms with van der Waals surface area (Å²) < 4.78 is 23.4. The van der Waals surface area contributed by atoms with Crippen molar-refractivity contribution in [2.24, 2.45) is 0 Å². The molecule has 1 aliphatic rings. The first-order valence-corrected chi connectivity index (χ1v) is 10.3. The number of nitrogens with zero attached hydrogens (tertiary/aromatic N) is 1. The van der Waals surface area contributed by atoms with Crippen LogP contribution in [0.15, 0.2) is 27.8 Å². The van der Waals surface area contributed by atoms with E-state index < -0.39 is 9.84 Å². The normalized spacial score (nSPS) is 14.7. The highest BCUT2D eigenvalue weighted by atomic mass is 35.5. The molecule has 0 atom stereocenters. The summed E-state index contributed by atoms with van der Waals surface area (Å²) in [5.74, 6) is -0.164. The van der Waals surface area contributed by atoms with Crippen LogP contribution in [0.4, 0.5) is 5.69 Å². The van der Waals surface area contributed by atoms with E-state index in [4.69, 9.17) is 11.6 Å². The van der Waals surface area contributed by atoms with Crippen molar-refractivity contribution in [1.82, 2.24) is 0 Å². The van der Waals surface area contributed by atoms with Crippen molar-refractivity contribution in [3.63, 3.8) is 0 Å². The van der Waals surface area contributed by atoms with E-state index in [2.05, 4.69) is 0 Å². The number of benzene rings is 1. The van der Waals surface area contributed by atoms with Crippen molar-refractivity contribution in [2.75, 3.05) is 17.7 Å². The average Bonchev–Trinajstić information content (AvgIpc) is 2.95. The summed E-state index contributed by atoms with van der Waals surface area (Å²) in [5.41, 5.74) is 3.34. The predicted octanol–water partition coefficient (Wildman–Crippen LogP) is 3.71. The van der Waals surface area contributed by atoms with Gasteiger partial charge in [0.15, 0.2) is 9.84 Å². The summed E-state index contributed by atoms with van der Waals surface area (Å²) >= 11 is 7.19. The molecule has 0 unspecified atom stereocenters. The first-order chi connectivity index (χ1) is 10.8. The van der Waals surface area contributed by atoms with Crippen molar-refractivity contribution in [3.8, 4) is 0 Å². The van der Waals surface area contributed by atoms with Crippen LogP contribution in [0.3, 0.4) is 0 Å². The van der Waals surface area contributed by atoms with E-state index in [1.54, 1.807) is 10.3 Å². The number of halogens is 1. The van der Waals surface area contributed by atoms with Crippen LogP contribution in [0, 0.1) is 6.92 Å². The highest BCUT2D eigenvalue weighted by molar-refractivity contribution is 7.92. The summed E-state index contributed by atoms with van der Waals surface area (Å²) in [4.78, 5) is 14.6. The van der Waals surface area contributed by atoms with Gasteiger partial charge in [0.05, 0.1) is 11.3 Å². The van der Waals surface area contributed by atoms with Gasteiger partial charge in [0.1, 0.15) is 4.21 Å². The average molecular weight is 370 g/mol. The summed E-state index contributed by atoms with van der Waals surface area (Å²) in [6.07, 6.45) is 2.90. The van der Waals surface area contributed by atoms with E-state index in [-0.39, 0.29) is 10.1 Å². The molecule has 1 aromatic carbocycles. The monoisotopic (exact) mass is 369 g/mol. The lowest BCUT2D eigenvalue weighted by Crippen LogP contribution is -2.35. The van der Waals surface area contributed by atoms with Gasteiger partial charge in [-0.1, -0.05) is 11.6 Å². The zero-order valence-corrected chi connectivity index (χ0v) is 15.2. The van der Waals surface area contributed by atoms with Gasteiger partial charge in [-0.25, -0.2) is 8.42 Å². The first kappa shape index (κ1) is 16.5. The SMILES string of the molecule is Cc1cc(Cl)cc2c1N(C(=O)c1csc(S(C)(=O)=O)c1)CCC2. The Kier molecular flexibility index (Phi) is 4.25. The second-order valence-electron chi connectivity index (χ2n) is 5.72. The molecule has 122 valence electrons. The fourth-order valence-electron chi connectivity index (χ4n) is 2.90. The van der Waals surface area contributed by atoms with Gasteiger partial charge in [-0.2, -0.15) is 0 Å². The molecule has 1 aliphatic heterocycles. The molecule has 23 heavy (non-hydrogen) atoms. The van der Waals surface area contributed by atoms with Crippen LogP contribution < -0.4 is 4.90 Å². The molecule has 1 aromatic heterocycles.